The molecule has 0 unspecified atom stereocenters. The molecule has 0 aromatic heterocycles. The highest BCUT2D eigenvalue weighted by molar-refractivity contribution is 5.95. The first-order chi connectivity index (χ1) is 13.7. The number of amides is 2. The summed E-state index contributed by atoms with van der Waals surface area (Å²) in [6.07, 6.45) is 1.59. The predicted octanol–water partition coefficient (Wildman–Crippen LogP) is 2.06. The van der Waals surface area contributed by atoms with Crippen molar-refractivity contribution in [1.29, 1.82) is 0 Å². The maximum atomic E-state index is 12.7. The van der Waals surface area contributed by atoms with Gasteiger partial charge < -0.3 is 15.1 Å². The number of carbonyl (C=O) groups excluding carboxylic acids is 2. The molecule has 1 saturated heterocycles. The van der Waals surface area contributed by atoms with Crippen molar-refractivity contribution < 1.29 is 14.4 Å². The Morgan fingerprint density at radius 3 is 2.36 bits per heavy atom. The van der Waals surface area contributed by atoms with Crippen molar-refractivity contribution in [1.82, 2.24) is 9.80 Å². The SMILES string of the molecule is CO/N=C/c1ccc(C(=O)N2CCN(CC(=O)Nc3ccccc3)CC2)cc1. The lowest BCUT2D eigenvalue weighted by Gasteiger charge is -2.34. The minimum absolute atomic E-state index is 0.00335. The van der Waals surface area contributed by atoms with Crippen molar-refractivity contribution in [3.8, 4) is 0 Å². The van der Waals surface area contributed by atoms with Gasteiger partial charge >= 0.3 is 0 Å². The second kappa shape index (κ2) is 9.66. The lowest BCUT2D eigenvalue weighted by Crippen LogP contribution is -2.50. The zero-order valence-corrected chi connectivity index (χ0v) is 15.9. The first kappa shape index (κ1) is 19.6. The van der Waals surface area contributed by atoms with Gasteiger partial charge in [-0.05, 0) is 29.8 Å². The highest BCUT2D eigenvalue weighted by atomic mass is 16.6. The third-order valence-electron chi connectivity index (χ3n) is 4.55. The van der Waals surface area contributed by atoms with Gasteiger partial charge in [-0.1, -0.05) is 35.5 Å². The Bertz CT molecular complexity index is 813. The van der Waals surface area contributed by atoms with Crippen molar-refractivity contribution in [2.24, 2.45) is 5.16 Å². The minimum Gasteiger partial charge on any atom is -0.399 e. The van der Waals surface area contributed by atoms with E-state index in [0.717, 1.165) is 11.3 Å². The zero-order chi connectivity index (χ0) is 19.8. The number of benzene rings is 2. The molecule has 146 valence electrons. The largest absolute Gasteiger partial charge is 0.399 e. The summed E-state index contributed by atoms with van der Waals surface area (Å²) in [5, 5.41) is 6.59. The van der Waals surface area contributed by atoms with E-state index in [-0.39, 0.29) is 11.8 Å². The molecule has 1 heterocycles. The van der Waals surface area contributed by atoms with Crippen LogP contribution in [0.4, 0.5) is 5.69 Å². The second-order valence-electron chi connectivity index (χ2n) is 6.52. The summed E-state index contributed by atoms with van der Waals surface area (Å²) in [6.45, 7) is 2.87. The van der Waals surface area contributed by atoms with E-state index in [0.29, 0.717) is 38.3 Å². The Balaban J connectivity index is 1.47. The van der Waals surface area contributed by atoms with Gasteiger partial charge in [0.2, 0.25) is 5.91 Å². The summed E-state index contributed by atoms with van der Waals surface area (Å²) < 4.78 is 0. The van der Waals surface area contributed by atoms with Crippen LogP contribution in [0.15, 0.2) is 59.8 Å². The van der Waals surface area contributed by atoms with Gasteiger partial charge in [0.25, 0.3) is 5.91 Å². The van der Waals surface area contributed by atoms with E-state index in [2.05, 4.69) is 20.2 Å². The normalized spacial score (nSPS) is 14.8. The number of hydrogen-bond donors (Lipinski definition) is 1. The quantitative estimate of drug-likeness (QED) is 0.615. The Morgan fingerprint density at radius 1 is 1.04 bits per heavy atom. The molecule has 2 aromatic rings. The fourth-order valence-electron chi connectivity index (χ4n) is 3.04. The Hall–Kier alpha value is -3.19. The molecule has 1 N–H and O–H groups in total. The Morgan fingerprint density at radius 2 is 1.71 bits per heavy atom. The van der Waals surface area contributed by atoms with Gasteiger partial charge in [0.05, 0.1) is 12.8 Å². The first-order valence-corrected chi connectivity index (χ1v) is 9.19. The topological polar surface area (TPSA) is 74.2 Å². The molecule has 1 aliphatic heterocycles. The summed E-state index contributed by atoms with van der Waals surface area (Å²) in [6, 6.07) is 16.7. The number of anilines is 1. The molecule has 7 heteroatoms. The van der Waals surface area contributed by atoms with E-state index in [1.807, 2.05) is 47.4 Å². The molecular formula is C21H24N4O3. The fraction of sp³-hybridized carbons (Fsp3) is 0.286. The summed E-state index contributed by atoms with van der Waals surface area (Å²) >= 11 is 0. The monoisotopic (exact) mass is 380 g/mol. The van der Waals surface area contributed by atoms with Gasteiger partial charge in [-0.15, -0.1) is 0 Å². The predicted molar refractivity (Wildman–Crippen MR) is 108 cm³/mol. The van der Waals surface area contributed by atoms with E-state index < -0.39 is 0 Å². The fourth-order valence-corrected chi connectivity index (χ4v) is 3.04. The number of oxime groups is 1. The molecule has 1 aliphatic rings. The highest BCUT2D eigenvalue weighted by Gasteiger charge is 2.23. The molecule has 0 aliphatic carbocycles. The molecule has 0 spiro atoms. The van der Waals surface area contributed by atoms with Crippen molar-refractivity contribution in [3.63, 3.8) is 0 Å². The number of rotatable bonds is 6. The third-order valence-corrected chi connectivity index (χ3v) is 4.55. The lowest BCUT2D eigenvalue weighted by molar-refractivity contribution is -0.117. The van der Waals surface area contributed by atoms with E-state index in [1.54, 1.807) is 18.3 Å². The van der Waals surface area contributed by atoms with Gasteiger partial charge in [0, 0.05) is 37.4 Å². The van der Waals surface area contributed by atoms with E-state index in [9.17, 15) is 9.59 Å². The Kier molecular flexibility index (Phi) is 6.75. The molecule has 0 radical (unpaired) electrons. The van der Waals surface area contributed by atoms with Crippen LogP contribution in [0.1, 0.15) is 15.9 Å². The molecule has 28 heavy (non-hydrogen) atoms. The molecule has 0 atom stereocenters. The van der Waals surface area contributed by atoms with Gasteiger partial charge in [-0.25, -0.2) is 0 Å². The smallest absolute Gasteiger partial charge is 0.253 e. The maximum Gasteiger partial charge on any atom is 0.253 e. The molecule has 2 aromatic carbocycles. The van der Waals surface area contributed by atoms with Crippen LogP contribution in [0, 0.1) is 0 Å². The van der Waals surface area contributed by atoms with Crippen LogP contribution in [-0.2, 0) is 9.63 Å². The van der Waals surface area contributed by atoms with E-state index in [4.69, 9.17) is 0 Å². The lowest BCUT2D eigenvalue weighted by atomic mass is 10.1. The van der Waals surface area contributed by atoms with Crippen LogP contribution < -0.4 is 5.32 Å². The maximum absolute atomic E-state index is 12.7. The second-order valence-corrected chi connectivity index (χ2v) is 6.52. The Labute approximate surface area is 164 Å². The third kappa shape index (κ3) is 5.40. The van der Waals surface area contributed by atoms with E-state index in [1.165, 1.54) is 7.11 Å². The van der Waals surface area contributed by atoms with Gasteiger partial charge in [0.15, 0.2) is 0 Å². The van der Waals surface area contributed by atoms with Crippen LogP contribution >= 0.6 is 0 Å². The van der Waals surface area contributed by atoms with Crippen molar-refractivity contribution >= 4 is 23.7 Å². The van der Waals surface area contributed by atoms with Crippen molar-refractivity contribution in [2.45, 2.75) is 0 Å². The number of hydrogen-bond acceptors (Lipinski definition) is 5. The van der Waals surface area contributed by atoms with Crippen LogP contribution in [0.5, 0.6) is 0 Å². The van der Waals surface area contributed by atoms with Crippen molar-refractivity contribution in [2.75, 3.05) is 45.2 Å². The summed E-state index contributed by atoms with van der Waals surface area (Å²) in [7, 11) is 1.49. The molecule has 2 amide bonds. The average Bonchev–Trinajstić information content (AvgIpc) is 2.73. The van der Waals surface area contributed by atoms with E-state index >= 15 is 0 Å². The van der Waals surface area contributed by atoms with Crippen LogP contribution in [0.2, 0.25) is 0 Å². The number of para-hydroxylation sites is 1. The summed E-state index contributed by atoms with van der Waals surface area (Å²) in [5.74, 6) is -0.0390. The molecule has 0 saturated carbocycles. The average molecular weight is 380 g/mol. The molecular weight excluding hydrogens is 356 g/mol. The van der Waals surface area contributed by atoms with Gasteiger partial charge in [0.1, 0.15) is 7.11 Å². The van der Waals surface area contributed by atoms with Crippen LogP contribution in [0.3, 0.4) is 0 Å². The number of nitrogens with one attached hydrogen (secondary N) is 1. The first-order valence-electron chi connectivity index (χ1n) is 9.19. The molecule has 7 nitrogen and oxygen atoms in total. The van der Waals surface area contributed by atoms with Crippen molar-refractivity contribution in [3.05, 3.63) is 65.7 Å². The summed E-state index contributed by atoms with van der Waals surface area (Å²) in [4.78, 5) is 33.4. The molecule has 3 rings (SSSR count). The van der Waals surface area contributed by atoms with Crippen LogP contribution in [-0.4, -0.2) is 67.7 Å². The number of nitrogens with zero attached hydrogens (tertiary/aromatic N) is 3. The molecule has 1 fully saturated rings. The number of piperazine rings is 1. The van der Waals surface area contributed by atoms with Crippen LogP contribution in [0.25, 0.3) is 0 Å². The summed E-state index contributed by atoms with van der Waals surface area (Å²) in [5.41, 5.74) is 2.30. The molecule has 0 bridgehead atoms. The van der Waals surface area contributed by atoms with Gasteiger partial charge in [-0.3, -0.25) is 14.5 Å². The number of carbonyl (C=O) groups is 2. The standard InChI is InChI=1S/C21H24N4O3/c1-28-22-15-17-7-9-18(10-8-17)21(27)25-13-11-24(12-14-25)16-20(26)23-19-5-3-2-4-6-19/h2-10,15H,11-14,16H2,1H3,(H,23,26)/b22-15+. The minimum atomic E-state index is -0.0423. The van der Waals surface area contributed by atoms with Gasteiger partial charge in [-0.2, -0.15) is 0 Å². The zero-order valence-electron chi connectivity index (χ0n) is 15.9. The highest BCUT2D eigenvalue weighted by Crippen LogP contribution is 2.11.